The van der Waals surface area contributed by atoms with Crippen molar-refractivity contribution in [2.75, 3.05) is 38.7 Å². The van der Waals surface area contributed by atoms with E-state index >= 15 is 0 Å². The van der Waals surface area contributed by atoms with Gasteiger partial charge in [-0.1, -0.05) is 13.0 Å². The number of anilines is 1. The molecule has 2 N–H and O–H groups in total. The highest BCUT2D eigenvalue weighted by atomic mass is 16.5. The van der Waals surface area contributed by atoms with Crippen LogP contribution in [0.2, 0.25) is 0 Å². The molecule has 1 saturated heterocycles. The van der Waals surface area contributed by atoms with Crippen molar-refractivity contribution in [3.05, 3.63) is 23.8 Å². The minimum atomic E-state index is -0.0330. The third-order valence-corrected chi connectivity index (χ3v) is 4.65. The zero-order chi connectivity index (χ0) is 15.4. The molecule has 2 rings (SSSR count). The SMILES string of the molecule is CCN1CCC(N(C)c2cccc(OC)c2[C@H](C)N)CC1. The van der Waals surface area contributed by atoms with Crippen molar-refractivity contribution in [1.82, 2.24) is 4.90 Å². The van der Waals surface area contributed by atoms with Gasteiger partial charge in [0.1, 0.15) is 5.75 Å². The first-order valence-corrected chi connectivity index (χ1v) is 7.96. The van der Waals surface area contributed by atoms with Crippen LogP contribution in [0.3, 0.4) is 0 Å². The number of methoxy groups -OCH3 is 1. The molecule has 4 nitrogen and oxygen atoms in total. The summed E-state index contributed by atoms with van der Waals surface area (Å²) in [4.78, 5) is 4.91. The van der Waals surface area contributed by atoms with Gasteiger partial charge in [0, 0.05) is 43.5 Å². The Morgan fingerprint density at radius 1 is 1.38 bits per heavy atom. The van der Waals surface area contributed by atoms with Crippen LogP contribution in [0.5, 0.6) is 5.75 Å². The zero-order valence-electron chi connectivity index (χ0n) is 13.8. The maximum atomic E-state index is 6.19. The molecule has 1 heterocycles. The van der Waals surface area contributed by atoms with Crippen molar-refractivity contribution >= 4 is 5.69 Å². The first kappa shape index (κ1) is 16.1. The molecule has 118 valence electrons. The summed E-state index contributed by atoms with van der Waals surface area (Å²) in [5.41, 5.74) is 8.51. The summed E-state index contributed by atoms with van der Waals surface area (Å²) in [5, 5.41) is 0. The lowest BCUT2D eigenvalue weighted by Gasteiger charge is -2.38. The summed E-state index contributed by atoms with van der Waals surface area (Å²) in [6.45, 7) is 7.78. The van der Waals surface area contributed by atoms with E-state index in [9.17, 15) is 0 Å². The number of ether oxygens (including phenoxy) is 1. The molecule has 1 aromatic rings. The highest BCUT2D eigenvalue weighted by molar-refractivity contribution is 5.61. The van der Waals surface area contributed by atoms with Gasteiger partial charge < -0.3 is 20.3 Å². The van der Waals surface area contributed by atoms with E-state index in [1.54, 1.807) is 7.11 Å². The molecule has 21 heavy (non-hydrogen) atoms. The van der Waals surface area contributed by atoms with E-state index in [0.29, 0.717) is 6.04 Å². The Bertz CT molecular complexity index is 453. The molecule has 1 aliphatic heterocycles. The average Bonchev–Trinajstić information content (AvgIpc) is 2.53. The van der Waals surface area contributed by atoms with Gasteiger partial charge in [-0.15, -0.1) is 0 Å². The number of hydrogen-bond donors (Lipinski definition) is 1. The molecule has 1 atom stereocenters. The number of hydrogen-bond acceptors (Lipinski definition) is 4. The number of benzene rings is 1. The van der Waals surface area contributed by atoms with Crippen LogP contribution in [0.25, 0.3) is 0 Å². The van der Waals surface area contributed by atoms with E-state index in [0.717, 1.165) is 17.9 Å². The molecular formula is C17H29N3O. The van der Waals surface area contributed by atoms with Crippen LogP contribution in [0.15, 0.2) is 18.2 Å². The van der Waals surface area contributed by atoms with E-state index in [4.69, 9.17) is 10.5 Å². The molecule has 0 spiro atoms. The summed E-state index contributed by atoms with van der Waals surface area (Å²) in [5.74, 6) is 0.889. The Labute approximate surface area is 128 Å². The van der Waals surface area contributed by atoms with Gasteiger partial charge in [-0.25, -0.2) is 0 Å². The average molecular weight is 291 g/mol. The molecule has 0 aromatic heterocycles. The van der Waals surface area contributed by atoms with E-state index in [-0.39, 0.29) is 6.04 Å². The first-order valence-electron chi connectivity index (χ1n) is 7.96. The molecule has 1 fully saturated rings. The summed E-state index contributed by atoms with van der Waals surface area (Å²) < 4.78 is 5.50. The number of piperidine rings is 1. The molecular weight excluding hydrogens is 262 g/mol. The quantitative estimate of drug-likeness (QED) is 0.905. The summed E-state index contributed by atoms with van der Waals surface area (Å²) >= 11 is 0. The number of rotatable bonds is 5. The van der Waals surface area contributed by atoms with Gasteiger partial charge in [-0.2, -0.15) is 0 Å². The van der Waals surface area contributed by atoms with E-state index in [2.05, 4.69) is 35.9 Å². The van der Waals surface area contributed by atoms with Gasteiger partial charge in [0.2, 0.25) is 0 Å². The van der Waals surface area contributed by atoms with Gasteiger partial charge in [-0.3, -0.25) is 0 Å². The molecule has 0 amide bonds. The van der Waals surface area contributed by atoms with Crippen LogP contribution in [-0.2, 0) is 0 Å². The first-order chi connectivity index (χ1) is 10.1. The molecule has 0 radical (unpaired) electrons. The standard InChI is InChI=1S/C17H29N3O/c1-5-20-11-9-14(10-12-20)19(3)15-7-6-8-16(21-4)17(15)13(2)18/h6-8,13-14H,5,9-12,18H2,1-4H3/t13-/m0/s1. The largest absolute Gasteiger partial charge is 0.496 e. The molecule has 0 bridgehead atoms. The summed E-state index contributed by atoms with van der Waals surface area (Å²) in [6, 6.07) is 6.76. The normalized spacial score (nSPS) is 18.5. The maximum Gasteiger partial charge on any atom is 0.125 e. The third kappa shape index (κ3) is 3.50. The monoisotopic (exact) mass is 291 g/mol. The Hall–Kier alpha value is -1.26. The number of likely N-dealkylation sites (tertiary alicyclic amines) is 1. The second kappa shape index (κ2) is 7.14. The van der Waals surface area contributed by atoms with Crippen molar-refractivity contribution in [3.63, 3.8) is 0 Å². The van der Waals surface area contributed by atoms with Gasteiger partial charge in [-0.05, 0) is 38.4 Å². The van der Waals surface area contributed by atoms with Gasteiger partial charge >= 0.3 is 0 Å². The summed E-state index contributed by atoms with van der Waals surface area (Å²) in [6.07, 6.45) is 2.42. The lowest BCUT2D eigenvalue weighted by molar-refractivity contribution is 0.220. The van der Waals surface area contributed by atoms with Crippen molar-refractivity contribution in [1.29, 1.82) is 0 Å². The molecule has 1 aliphatic rings. The highest BCUT2D eigenvalue weighted by Crippen LogP contribution is 2.35. The van der Waals surface area contributed by atoms with Crippen molar-refractivity contribution < 1.29 is 4.74 Å². The zero-order valence-corrected chi connectivity index (χ0v) is 13.8. The molecule has 0 saturated carbocycles. The van der Waals surface area contributed by atoms with Crippen LogP contribution in [0, 0.1) is 0 Å². The predicted molar refractivity (Wildman–Crippen MR) is 89.1 cm³/mol. The molecule has 0 aliphatic carbocycles. The van der Waals surface area contributed by atoms with Crippen LogP contribution in [0.4, 0.5) is 5.69 Å². The Morgan fingerprint density at radius 2 is 2.05 bits per heavy atom. The van der Waals surface area contributed by atoms with E-state index in [1.807, 2.05) is 13.0 Å². The van der Waals surface area contributed by atoms with Gasteiger partial charge in [0.15, 0.2) is 0 Å². The van der Waals surface area contributed by atoms with E-state index < -0.39 is 0 Å². The molecule has 4 heteroatoms. The van der Waals surface area contributed by atoms with Crippen molar-refractivity contribution in [2.45, 2.75) is 38.8 Å². The topological polar surface area (TPSA) is 41.7 Å². The fourth-order valence-electron chi connectivity index (χ4n) is 3.30. The fourth-order valence-corrected chi connectivity index (χ4v) is 3.30. The minimum Gasteiger partial charge on any atom is -0.496 e. The minimum absolute atomic E-state index is 0.0330. The van der Waals surface area contributed by atoms with Crippen LogP contribution in [-0.4, -0.2) is 44.7 Å². The van der Waals surface area contributed by atoms with E-state index in [1.165, 1.54) is 31.6 Å². The second-order valence-corrected chi connectivity index (χ2v) is 5.96. The lowest BCUT2D eigenvalue weighted by atomic mass is 9.99. The third-order valence-electron chi connectivity index (χ3n) is 4.65. The Balaban J connectivity index is 2.21. The highest BCUT2D eigenvalue weighted by Gasteiger charge is 2.25. The number of nitrogens with zero attached hydrogens (tertiary/aromatic N) is 2. The number of nitrogens with two attached hydrogens (primary N) is 1. The summed E-state index contributed by atoms with van der Waals surface area (Å²) in [7, 11) is 3.90. The van der Waals surface area contributed by atoms with Gasteiger partial charge in [0.25, 0.3) is 0 Å². The second-order valence-electron chi connectivity index (χ2n) is 5.96. The predicted octanol–water partition coefficient (Wildman–Crippen LogP) is 2.64. The molecule has 0 unspecified atom stereocenters. The fraction of sp³-hybridized carbons (Fsp3) is 0.647. The lowest BCUT2D eigenvalue weighted by Crippen LogP contribution is -2.43. The van der Waals surface area contributed by atoms with Crippen molar-refractivity contribution in [2.24, 2.45) is 5.73 Å². The molecule has 1 aromatic carbocycles. The van der Waals surface area contributed by atoms with Crippen LogP contribution in [0.1, 0.15) is 38.3 Å². The maximum absolute atomic E-state index is 6.19. The Kier molecular flexibility index (Phi) is 5.48. The Morgan fingerprint density at radius 3 is 2.57 bits per heavy atom. The van der Waals surface area contributed by atoms with Crippen LogP contribution < -0.4 is 15.4 Å². The smallest absolute Gasteiger partial charge is 0.125 e. The van der Waals surface area contributed by atoms with Gasteiger partial charge in [0.05, 0.1) is 7.11 Å². The van der Waals surface area contributed by atoms with Crippen molar-refractivity contribution in [3.8, 4) is 5.75 Å². The van der Waals surface area contributed by atoms with Crippen LogP contribution >= 0.6 is 0 Å².